The number of ether oxygens (including phenoxy) is 1. The minimum absolute atomic E-state index is 0.207. The van der Waals surface area contributed by atoms with E-state index >= 15 is 0 Å². The summed E-state index contributed by atoms with van der Waals surface area (Å²) in [6.07, 6.45) is 4.24. The van der Waals surface area contributed by atoms with E-state index in [0.717, 1.165) is 31.6 Å². The Bertz CT molecular complexity index is 419. The van der Waals surface area contributed by atoms with Gasteiger partial charge in [-0.15, -0.1) is 0 Å². The molecule has 1 fully saturated rings. The highest BCUT2D eigenvalue weighted by Gasteiger charge is 2.40. The van der Waals surface area contributed by atoms with Gasteiger partial charge in [-0.3, -0.25) is 0 Å². The Hall–Kier alpha value is -1.06. The molecular formula is C16H25NO2. The van der Waals surface area contributed by atoms with Crippen molar-refractivity contribution in [2.75, 3.05) is 27.7 Å². The van der Waals surface area contributed by atoms with Crippen LogP contribution in [-0.4, -0.2) is 43.4 Å². The van der Waals surface area contributed by atoms with Crippen LogP contribution in [-0.2, 0) is 0 Å². The molecule has 0 unspecified atom stereocenters. The average Bonchev–Trinajstić information content (AvgIpc) is 2.38. The molecule has 0 radical (unpaired) electrons. The fourth-order valence-electron chi connectivity index (χ4n) is 3.29. The number of aliphatic hydroxyl groups is 1. The molecule has 1 aliphatic carbocycles. The summed E-state index contributed by atoms with van der Waals surface area (Å²) in [5, 5.41) is 11.0. The maximum absolute atomic E-state index is 11.0. The van der Waals surface area contributed by atoms with Crippen LogP contribution in [0.3, 0.4) is 0 Å². The predicted octanol–water partition coefficient (Wildman–Crippen LogP) is 2.65. The molecule has 1 N–H and O–H groups in total. The lowest BCUT2D eigenvalue weighted by Gasteiger charge is -2.42. The first-order chi connectivity index (χ1) is 9.05. The van der Waals surface area contributed by atoms with Crippen molar-refractivity contribution in [1.82, 2.24) is 4.90 Å². The Kier molecular flexibility index (Phi) is 4.48. The largest absolute Gasteiger partial charge is 0.497 e. The van der Waals surface area contributed by atoms with Crippen LogP contribution in [0, 0.1) is 0 Å². The van der Waals surface area contributed by atoms with Gasteiger partial charge in [0.1, 0.15) is 5.75 Å². The molecule has 3 nitrogen and oxygen atoms in total. The Labute approximate surface area is 116 Å². The van der Waals surface area contributed by atoms with Gasteiger partial charge in [-0.2, -0.15) is 0 Å². The van der Waals surface area contributed by atoms with E-state index in [9.17, 15) is 5.11 Å². The van der Waals surface area contributed by atoms with Gasteiger partial charge in [0.2, 0.25) is 0 Å². The Morgan fingerprint density at radius 3 is 2.84 bits per heavy atom. The van der Waals surface area contributed by atoms with Crippen LogP contribution >= 0.6 is 0 Å². The van der Waals surface area contributed by atoms with Crippen molar-refractivity contribution in [2.45, 2.75) is 37.2 Å². The first kappa shape index (κ1) is 14.4. The van der Waals surface area contributed by atoms with Crippen molar-refractivity contribution in [2.24, 2.45) is 0 Å². The maximum Gasteiger partial charge on any atom is 0.119 e. The lowest BCUT2D eigenvalue weighted by molar-refractivity contribution is -0.0353. The Morgan fingerprint density at radius 2 is 2.16 bits per heavy atom. The third-order valence-electron chi connectivity index (χ3n) is 4.09. The molecule has 1 aromatic rings. The third-order valence-corrected chi connectivity index (χ3v) is 4.09. The standard InChI is InChI=1S/C16H25NO2/c1-17(2)12-16(18)10-5-4-9-15(16)13-7-6-8-14(11-13)19-3/h6-8,11,15,18H,4-5,9-10,12H2,1-3H3/t15-,16+/m0/s1. The van der Waals surface area contributed by atoms with Gasteiger partial charge in [-0.25, -0.2) is 0 Å². The van der Waals surface area contributed by atoms with Crippen LogP contribution in [0.4, 0.5) is 0 Å². The molecule has 0 amide bonds. The normalized spacial score (nSPS) is 27.5. The molecule has 2 atom stereocenters. The number of benzene rings is 1. The summed E-state index contributed by atoms with van der Waals surface area (Å²) in [7, 11) is 5.73. The van der Waals surface area contributed by atoms with Gasteiger partial charge in [0.05, 0.1) is 12.7 Å². The van der Waals surface area contributed by atoms with E-state index in [2.05, 4.69) is 17.0 Å². The molecule has 106 valence electrons. The minimum Gasteiger partial charge on any atom is -0.497 e. The van der Waals surface area contributed by atoms with Crippen LogP contribution in [0.5, 0.6) is 5.75 Å². The first-order valence-electron chi connectivity index (χ1n) is 7.06. The van der Waals surface area contributed by atoms with Crippen molar-refractivity contribution in [3.8, 4) is 5.75 Å². The zero-order valence-corrected chi connectivity index (χ0v) is 12.2. The summed E-state index contributed by atoms with van der Waals surface area (Å²) in [5.41, 5.74) is 0.581. The Balaban J connectivity index is 2.27. The van der Waals surface area contributed by atoms with Gasteiger partial charge in [-0.05, 0) is 44.6 Å². The summed E-state index contributed by atoms with van der Waals surface area (Å²) in [6, 6.07) is 8.14. The number of hydrogen-bond donors (Lipinski definition) is 1. The molecule has 1 saturated carbocycles. The molecule has 0 aromatic heterocycles. The zero-order valence-electron chi connectivity index (χ0n) is 12.2. The lowest BCUT2D eigenvalue weighted by Crippen LogP contribution is -2.47. The van der Waals surface area contributed by atoms with E-state index in [4.69, 9.17) is 4.74 Å². The highest BCUT2D eigenvalue weighted by Crippen LogP contribution is 2.41. The van der Waals surface area contributed by atoms with Crippen LogP contribution < -0.4 is 4.74 Å². The van der Waals surface area contributed by atoms with Crippen molar-refractivity contribution in [1.29, 1.82) is 0 Å². The minimum atomic E-state index is -0.617. The number of rotatable bonds is 4. The number of nitrogens with zero attached hydrogens (tertiary/aromatic N) is 1. The maximum atomic E-state index is 11.0. The Morgan fingerprint density at radius 1 is 1.37 bits per heavy atom. The van der Waals surface area contributed by atoms with E-state index in [1.165, 1.54) is 12.0 Å². The van der Waals surface area contributed by atoms with E-state index < -0.39 is 5.60 Å². The second-order valence-electron chi connectivity index (χ2n) is 5.92. The molecule has 0 spiro atoms. The molecular weight excluding hydrogens is 238 g/mol. The van der Waals surface area contributed by atoms with Crippen molar-refractivity contribution < 1.29 is 9.84 Å². The van der Waals surface area contributed by atoms with Gasteiger partial charge in [0.25, 0.3) is 0 Å². The smallest absolute Gasteiger partial charge is 0.119 e. The second-order valence-corrected chi connectivity index (χ2v) is 5.92. The molecule has 0 heterocycles. The van der Waals surface area contributed by atoms with Gasteiger partial charge in [0, 0.05) is 12.5 Å². The molecule has 0 aliphatic heterocycles. The zero-order chi connectivity index (χ0) is 13.9. The van der Waals surface area contributed by atoms with E-state index in [1.807, 2.05) is 26.2 Å². The van der Waals surface area contributed by atoms with Crippen LogP contribution in [0.25, 0.3) is 0 Å². The summed E-state index contributed by atoms with van der Waals surface area (Å²) in [4.78, 5) is 2.08. The molecule has 1 aliphatic rings. The third kappa shape index (κ3) is 3.28. The number of hydrogen-bond acceptors (Lipinski definition) is 3. The van der Waals surface area contributed by atoms with Gasteiger partial charge < -0.3 is 14.7 Å². The van der Waals surface area contributed by atoms with Gasteiger partial charge >= 0.3 is 0 Å². The highest BCUT2D eigenvalue weighted by atomic mass is 16.5. The van der Waals surface area contributed by atoms with Crippen LogP contribution in [0.2, 0.25) is 0 Å². The molecule has 19 heavy (non-hydrogen) atoms. The lowest BCUT2D eigenvalue weighted by atomic mass is 9.71. The summed E-state index contributed by atoms with van der Waals surface area (Å²) in [6.45, 7) is 0.717. The topological polar surface area (TPSA) is 32.7 Å². The SMILES string of the molecule is COc1cccc([C@@H]2CCCC[C@@]2(O)CN(C)C)c1. The average molecular weight is 263 g/mol. The molecule has 0 bridgehead atoms. The second kappa shape index (κ2) is 5.93. The van der Waals surface area contributed by atoms with E-state index in [0.29, 0.717) is 0 Å². The fourth-order valence-corrected chi connectivity index (χ4v) is 3.29. The van der Waals surface area contributed by atoms with Crippen LogP contribution in [0.1, 0.15) is 37.2 Å². The number of likely N-dealkylation sites (N-methyl/N-ethyl adjacent to an activating group) is 1. The van der Waals surface area contributed by atoms with Crippen molar-refractivity contribution in [3.05, 3.63) is 29.8 Å². The molecule has 1 aromatic carbocycles. The molecule has 3 heteroatoms. The first-order valence-corrected chi connectivity index (χ1v) is 7.06. The summed E-state index contributed by atoms with van der Waals surface area (Å²) >= 11 is 0. The monoisotopic (exact) mass is 263 g/mol. The van der Waals surface area contributed by atoms with Gasteiger partial charge in [0.15, 0.2) is 0 Å². The molecule has 0 saturated heterocycles. The summed E-state index contributed by atoms with van der Waals surface area (Å²) in [5.74, 6) is 1.08. The summed E-state index contributed by atoms with van der Waals surface area (Å²) < 4.78 is 5.30. The fraction of sp³-hybridized carbons (Fsp3) is 0.625. The van der Waals surface area contributed by atoms with Crippen molar-refractivity contribution >= 4 is 0 Å². The van der Waals surface area contributed by atoms with E-state index in [1.54, 1.807) is 7.11 Å². The van der Waals surface area contributed by atoms with E-state index in [-0.39, 0.29) is 5.92 Å². The highest BCUT2D eigenvalue weighted by molar-refractivity contribution is 5.33. The van der Waals surface area contributed by atoms with Gasteiger partial charge in [-0.1, -0.05) is 25.0 Å². The predicted molar refractivity (Wildman–Crippen MR) is 77.7 cm³/mol. The number of methoxy groups -OCH3 is 1. The van der Waals surface area contributed by atoms with Crippen LogP contribution in [0.15, 0.2) is 24.3 Å². The quantitative estimate of drug-likeness (QED) is 0.906. The van der Waals surface area contributed by atoms with Crippen molar-refractivity contribution in [3.63, 3.8) is 0 Å². The molecule has 2 rings (SSSR count).